The summed E-state index contributed by atoms with van der Waals surface area (Å²) in [5, 5.41) is 3.68. The van der Waals surface area contributed by atoms with Crippen molar-refractivity contribution in [3.8, 4) is 0 Å². The highest BCUT2D eigenvalue weighted by atomic mass is 32.2. The molecule has 1 aromatic rings. The lowest BCUT2D eigenvalue weighted by molar-refractivity contribution is -0.137. The fourth-order valence-corrected chi connectivity index (χ4v) is 4.81. The van der Waals surface area contributed by atoms with Gasteiger partial charge in [-0.05, 0) is 33.1 Å². The standard InChI is InChI=1S/C15H20N2O6S/c1-9-14(10(2)23-16-9)15(19)22-7-13(18)17(11-3-4-11)12-5-6-24(20,21)8-12/h11-12H,3-8H2,1-2H3/t12-/m0/s1. The topological polar surface area (TPSA) is 107 Å². The summed E-state index contributed by atoms with van der Waals surface area (Å²) in [6.07, 6.45) is 2.17. The van der Waals surface area contributed by atoms with Gasteiger partial charge in [-0.25, -0.2) is 13.2 Å². The van der Waals surface area contributed by atoms with E-state index in [4.69, 9.17) is 9.26 Å². The molecule has 0 aromatic carbocycles. The van der Waals surface area contributed by atoms with Crippen LogP contribution in [-0.2, 0) is 19.4 Å². The van der Waals surface area contributed by atoms with Gasteiger partial charge in [0, 0.05) is 12.1 Å². The highest BCUT2D eigenvalue weighted by Gasteiger charge is 2.42. The third-order valence-corrected chi connectivity index (χ3v) is 6.14. The molecule has 2 heterocycles. The van der Waals surface area contributed by atoms with Crippen LogP contribution >= 0.6 is 0 Å². The first kappa shape index (κ1) is 16.9. The second-order valence-corrected chi connectivity index (χ2v) is 8.59. The number of hydrogen-bond donors (Lipinski definition) is 0. The smallest absolute Gasteiger partial charge is 0.344 e. The molecule has 24 heavy (non-hydrogen) atoms. The number of carbonyl (C=O) groups is 2. The van der Waals surface area contributed by atoms with E-state index in [1.165, 1.54) is 0 Å². The molecule has 0 unspecified atom stereocenters. The summed E-state index contributed by atoms with van der Waals surface area (Å²) >= 11 is 0. The summed E-state index contributed by atoms with van der Waals surface area (Å²) in [7, 11) is -3.08. The van der Waals surface area contributed by atoms with Crippen molar-refractivity contribution >= 4 is 21.7 Å². The van der Waals surface area contributed by atoms with E-state index >= 15 is 0 Å². The average molecular weight is 356 g/mol. The third-order valence-electron chi connectivity index (χ3n) is 4.39. The van der Waals surface area contributed by atoms with E-state index in [0.717, 1.165) is 12.8 Å². The van der Waals surface area contributed by atoms with Crippen LogP contribution in [0.1, 0.15) is 41.1 Å². The van der Waals surface area contributed by atoms with Crippen molar-refractivity contribution in [2.24, 2.45) is 0 Å². The number of esters is 1. The Bertz CT molecular complexity index is 745. The number of carbonyl (C=O) groups excluding carboxylic acids is 2. The maximum absolute atomic E-state index is 12.5. The minimum Gasteiger partial charge on any atom is -0.452 e. The molecule has 8 nitrogen and oxygen atoms in total. The van der Waals surface area contributed by atoms with E-state index in [0.29, 0.717) is 17.9 Å². The van der Waals surface area contributed by atoms with Crippen molar-refractivity contribution < 1.29 is 27.3 Å². The van der Waals surface area contributed by atoms with Crippen LogP contribution in [-0.4, -0.2) is 60.5 Å². The van der Waals surface area contributed by atoms with E-state index < -0.39 is 22.4 Å². The molecule has 0 radical (unpaired) electrons. The molecule has 0 N–H and O–H groups in total. The minimum absolute atomic E-state index is 0.00689. The number of rotatable bonds is 5. The molecule has 2 fully saturated rings. The highest BCUT2D eigenvalue weighted by Crippen LogP contribution is 2.32. The zero-order chi connectivity index (χ0) is 17.5. The molecule has 0 spiro atoms. The van der Waals surface area contributed by atoms with Crippen LogP contribution in [0, 0.1) is 13.8 Å². The molecular formula is C15H20N2O6S. The van der Waals surface area contributed by atoms with Crippen molar-refractivity contribution in [3.05, 3.63) is 17.0 Å². The number of ether oxygens (including phenoxy) is 1. The van der Waals surface area contributed by atoms with Crippen LogP contribution < -0.4 is 0 Å². The first-order chi connectivity index (χ1) is 11.3. The fraction of sp³-hybridized carbons (Fsp3) is 0.667. The van der Waals surface area contributed by atoms with Crippen LogP contribution in [0.2, 0.25) is 0 Å². The SMILES string of the molecule is Cc1noc(C)c1C(=O)OCC(=O)N(C1CC1)[C@H]1CCS(=O)(=O)C1. The zero-order valence-corrected chi connectivity index (χ0v) is 14.5. The Morgan fingerprint density at radius 2 is 1.96 bits per heavy atom. The molecule has 1 aliphatic carbocycles. The fourth-order valence-electron chi connectivity index (χ4n) is 3.10. The highest BCUT2D eigenvalue weighted by molar-refractivity contribution is 7.91. The molecule has 1 aliphatic heterocycles. The van der Waals surface area contributed by atoms with E-state index in [9.17, 15) is 18.0 Å². The number of hydrogen-bond acceptors (Lipinski definition) is 7. The average Bonchev–Trinajstić information content (AvgIpc) is 3.19. The predicted octanol–water partition coefficient (Wildman–Crippen LogP) is 0.626. The number of aromatic nitrogens is 1. The lowest BCUT2D eigenvalue weighted by Gasteiger charge is -2.28. The first-order valence-corrected chi connectivity index (χ1v) is 9.72. The van der Waals surface area contributed by atoms with Crippen LogP contribution in [0.5, 0.6) is 0 Å². The van der Waals surface area contributed by atoms with Crippen molar-refractivity contribution in [2.45, 2.75) is 45.2 Å². The largest absolute Gasteiger partial charge is 0.452 e. The summed E-state index contributed by atoms with van der Waals surface area (Å²) in [5.41, 5.74) is 0.634. The van der Waals surface area contributed by atoms with Gasteiger partial charge >= 0.3 is 5.97 Å². The molecule has 1 aromatic heterocycles. The van der Waals surface area contributed by atoms with Gasteiger partial charge in [-0.1, -0.05) is 5.16 Å². The van der Waals surface area contributed by atoms with Gasteiger partial charge in [-0.2, -0.15) is 0 Å². The molecule has 3 rings (SSSR count). The van der Waals surface area contributed by atoms with E-state index in [2.05, 4.69) is 5.16 Å². The number of sulfone groups is 1. The number of nitrogens with zero attached hydrogens (tertiary/aromatic N) is 2. The maximum Gasteiger partial charge on any atom is 0.344 e. The van der Waals surface area contributed by atoms with Crippen LogP contribution in [0.3, 0.4) is 0 Å². The first-order valence-electron chi connectivity index (χ1n) is 7.90. The van der Waals surface area contributed by atoms with Crippen molar-refractivity contribution in [1.82, 2.24) is 10.1 Å². The van der Waals surface area contributed by atoms with Gasteiger partial charge in [-0.15, -0.1) is 0 Å². The molecule has 132 valence electrons. The number of amides is 1. The van der Waals surface area contributed by atoms with Gasteiger partial charge in [0.15, 0.2) is 16.4 Å². The van der Waals surface area contributed by atoms with Gasteiger partial charge in [0.1, 0.15) is 11.3 Å². The quantitative estimate of drug-likeness (QED) is 0.712. The van der Waals surface area contributed by atoms with Crippen LogP contribution in [0.25, 0.3) is 0 Å². The molecule has 1 amide bonds. The summed E-state index contributed by atoms with van der Waals surface area (Å²) in [4.78, 5) is 26.2. The molecule has 2 aliphatic rings. The lowest BCUT2D eigenvalue weighted by Crippen LogP contribution is -2.44. The van der Waals surface area contributed by atoms with Crippen molar-refractivity contribution in [1.29, 1.82) is 0 Å². The van der Waals surface area contributed by atoms with E-state index in [-0.39, 0.29) is 35.1 Å². The summed E-state index contributed by atoms with van der Waals surface area (Å²) in [5.74, 6) is -0.569. The molecule has 9 heteroatoms. The van der Waals surface area contributed by atoms with Crippen LogP contribution in [0.4, 0.5) is 0 Å². The van der Waals surface area contributed by atoms with Gasteiger partial charge in [-0.3, -0.25) is 4.79 Å². The van der Waals surface area contributed by atoms with Crippen LogP contribution in [0.15, 0.2) is 4.52 Å². The van der Waals surface area contributed by atoms with Crippen molar-refractivity contribution in [2.75, 3.05) is 18.1 Å². The Morgan fingerprint density at radius 3 is 2.46 bits per heavy atom. The second-order valence-electron chi connectivity index (χ2n) is 6.36. The Kier molecular flexibility index (Phi) is 4.37. The second kappa shape index (κ2) is 6.19. The Hall–Kier alpha value is -1.90. The van der Waals surface area contributed by atoms with E-state index in [1.807, 2.05) is 0 Å². The Balaban J connectivity index is 1.64. The normalized spacial score (nSPS) is 22.3. The Morgan fingerprint density at radius 1 is 1.25 bits per heavy atom. The van der Waals surface area contributed by atoms with Gasteiger partial charge in [0.05, 0.1) is 17.2 Å². The monoisotopic (exact) mass is 356 g/mol. The van der Waals surface area contributed by atoms with E-state index in [1.54, 1.807) is 18.7 Å². The Labute approximate surface area is 140 Å². The van der Waals surface area contributed by atoms with Gasteiger partial charge in [0.2, 0.25) is 0 Å². The molecule has 1 saturated carbocycles. The van der Waals surface area contributed by atoms with Gasteiger partial charge in [0.25, 0.3) is 5.91 Å². The molecular weight excluding hydrogens is 336 g/mol. The zero-order valence-electron chi connectivity index (χ0n) is 13.6. The van der Waals surface area contributed by atoms with Gasteiger partial charge < -0.3 is 14.2 Å². The summed E-state index contributed by atoms with van der Waals surface area (Å²) in [6, 6.07) is -0.249. The summed E-state index contributed by atoms with van der Waals surface area (Å²) in [6.45, 7) is 2.81. The predicted molar refractivity (Wildman–Crippen MR) is 83.2 cm³/mol. The third kappa shape index (κ3) is 3.45. The number of aryl methyl sites for hydroxylation is 2. The van der Waals surface area contributed by atoms with Crippen molar-refractivity contribution in [3.63, 3.8) is 0 Å². The lowest BCUT2D eigenvalue weighted by atomic mass is 10.2. The molecule has 1 saturated heterocycles. The maximum atomic E-state index is 12.5. The summed E-state index contributed by atoms with van der Waals surface area (Å²) < 4.78 is 33.3. The minimum atomic E-state index is -3.08. The molecule has 1 atom stereocenters. The molecule has 0 bridgehead atoms.